The highest BCUT2D eigenvalue weighted by atomic mass is 16.6. The summed E-state index contributed by atoms with van der Waals surface area (Å²) in [4.78, 5) is 21.9. The van der Waals surface area contributed by atoms with Gasteiger partial charge in [-0.25, -0.2) is 4.79 Å². The van der Waals surface area contributed by atoms with Crippen molar-refractivity contribution in [1.29, 1.82) is 5.26 Å². The van der Waals surface area contributed by atoms with Gasteiger partial charge in [-0.05, 0) is 25.3 Å². The number of carbonyl (C=O) groups is 1. The number of carbonyl (C=O) groups excluding carboxylic acids is 1. The average Bonchev–Trinajstić information content (AvgIpc) is 2.86. The number of anilines is 1. The number of nitriles is 1. The Morgan fingerprint density at radius 3 is 2.95 bits per heavy atom. The van der Waals surface area contributed by atoms with Crippen LogP contribution in [0.3, 0.4) is 0 Å². The summed E-state index contributed by atoms with van der Waals surface area (Å²) in [7, 11) is 0. The van der Waals surface area contributed by atoms with E-state index in [9.17, 15) is 14.9 Å². The molecule has 0 spiro atoms. The van der Waals surface area contributed by atoms with E-state index in [1.54, 1.807) is 6.07 Å². The lowest BCUT2D eigenvalue weighted by Gasteiger charge is -2.16. The van der Waals surface area contributed by atoms with Crippen LogP contribution in [0.2, 0.25) is 0 Å². The number of amides is 2. The highest BCUT2D eigenvalue weighted by Crippen LogP contribution is 2.25. The summed E-state index contributed by atoms with van der Waals surface area (Å²) in [6.07, 6.45) is 2.48. The molecule has 0 radical (unpaired) electrons. The van der Waals surface area contributed by atoms with Crippen molar-refractivity contribution in [3.05, 3.63) is 34.4 Å². The van der Waals surface area contributed by atoms with E-state index in [1.807, 2.05) is 0 Å². The number of benzene rings is 1. The zero-order valence-corrected chi connectivity index (χ0v) is 10.7. The fourth-order valence-electron chi connectivity index (χ4n) is 2.32. The van der Waals surface area contributed by atoms with E-state index >= 15 is 0 Å². The number of nitrogens with one attached hydrogen (secondary N) is 2. The highest BCUT2D eigenvalue weighted by molar-refractivity contribution is 5.89. The van der Waals surface area contributed by atoms with E-state index in [0.29, 0.717) is 5.69 Å². The number of rotatable bonds is 3. The third kappa shape index (κ3) is 3.23. The lowest BCUT2D eigenvalue weighted by Crippen LogP contribution is -2.39. The van der Waals surface area contributed by atoms with Crippen molar-refractivity contribution >= 4 is 17.4 Å². The highest BCUT2D eigenvalue weighted by Gasteiger charge is 2.28. The molecule has 20 heavy (non-hydrogen) atoms. The standard InChI is InChI=1S/C13H14N4O3/c14-8-9-3-1-6-12(9)16-13(18)15-10-4-2-5-11(7-10)17(19)20/h2,4-5,7,9,12H,1,3,6H2,(H2,15,16,18). The lowest BCUT2D eigenvalue weighted by molar-refractivity contribution is -0.384. The average molecular weight is 274 g/mol. The molecule has 2 unspecified atom stereocenters. The normalized spacial score (nSPS) is 20.9. The number of nitrogens with zero attached hydrogens (tertiary/aromatic N) is 2. The van der Waals surface area contributed by atoms with Gasteiger partial charge in [0, 0.05) is 23.9 Å². The molecule has 0 aromatic heterocycles. The number of urea groups is 1. The number of nitro groups is 1. The molecule has 2 amide bonds. The third-order valence-electron chi connectivity index (χ3n) is 3.31. The van der Waals surface area contributed by atoms with E-state index in [1.165, 1.54) is 18.2 Å². The SMILES string of the molecule is N#CC1CCCC1NC(=O)Nc1cccc([N+](=O)[O-])c1. The predicted molar refractivity (Wildman–Crippen MR) is 72.0 cm³/mol. The summed E-state index contributed by atoms with van der Waals surface area (Å²) in [5.74, 6) is -0.161. The lowest BCUT2D eigenvalue weighted by atomic mass is 10.1. The van der Waals surface area contributed by atoms with Gasteiger partial charge in [0.15, 0.2) is 0 Å². The van der Waals surface area contributed by atoms with Gasteiger partial charge in [0.1, 0.15) is 0 Å². The molecular formula is C13H14N4O3. The van der Waals surface area contributed by atoms with Crippen molar-refractivity contribution in [2.24, 2.45) is 5.92 Å². The molecule has 1 fully saturated rings. The van der Waals surface area contributed by atoms with E-state index in [0.717, 1.165) is 19.3 Å². The summed E-state index contributed by atoms with van der Waals surface area (Å²) in [5, 5.41) is 24.9. The largest absolute Gasteiger partial charge is 0.334 e. The zero-order valence-electron chi connectivity index (χ0n) is 10.7. The number of hydrogen-bond donors (Lipinski definition) is 2. The van der Waals surface area contributed by atoms with Crippen molar-refractivity contribution in [2.45, 2.75) is 25.3 Å². The van der Waals surface area contributed by atoms with E-state index in [2.05, 4.69) is 16.7 Å². The van der Waals surface area contributed by atoms with Gasteiger partial charge in [-0.1, -0.05) is 6.07 Å². The molecule has 0 heterocycles. The molecule has 1 aliphatic carbocycles. The smallest absolute Gasteiger partial charge is 0.319 e. The van der Waals surface area contributed by atoms with E-state index in [4.69, 9.17) is 5.26 Å². The number of hydrogen-bond acceptors (Lipinski definition) is 4. The first-order valence-corrected chi connectivity index (χ1v) is 6.32. The second kappa shape index (κ2) is 6.02. The molecule has 7 heteroatoms. The summed E-state index contributed by atoms with van der Waals surface area (Å²) < 4.78 is 0. The molecule has 2 rings (SSSR count). The van der Waals surface area contributed by atoms with Crippen LogP contribution in [-0.4, -0.2) is 17.0 Å². The maximum absolute atomic E-state index is 11.8. The number of non-ortho nitro benzene ring substituents is 1. The maximum atomic E-state index is 11.8. The minimum Gasteiger partial charge on any atom is -0.334 e. The molecule has 0 aliphatic heterocycles. The van der Waals surface area contributed by atoms with Gasteiger partial charge < -0.3 is 10.6 Å². The minimum absolute atomic E-state index is 0.0847. The molecular weight excluding hydrogens is 260 g/mol. The van der Waals surface area contributed by atoms with Crippen LogP contribution in [-0.2, 0) is 0 Å². The first kappa shape index (κ1) is 13.8. The zero-order chi connectivity index (χ0) is 14.5. The fourth-order valence-corrected chi connectivity index (χ4v) is 2.32. The van der Waals surface area contributed by atoms with Crippen molar-refractivity contribution in [1.82, 2.24) is 5.32 Å². The van der Waals surface area contributed by atoms with Crippen LogP contribution < -0.4 is 10.6 Å². The molecule has 0 bridgehead atoms. The van der Waals surface area contributed by atoms with Crippen LogP contribution in [0.5, 0.6) is 0 Å². The summed E-state index contributed by atoms with van der Waals surface area (Å²) in [5.41, 5.74) is 0.266. The molecule has 2 N–H and O–H groups in total. The van der Waals surface area contributed by atoms with Crippen molar-refractivity contribution in [3.63, 3.8) is 0 Å². The first-order valence-electron chi connectivity index (χ1n) is 6.32. The van der Waals surface area contributed by atoms with Crippen molar-refractivity contribution in [3.8, 4) is 6.07 Å². The second-order valence-electron chi connectivity index (χ2n) is 4.68. The second-order valence-corrected chi connectivity index (χ2v) is 4.68. The van der Waals surface area contributed by atoms with Gasteiger partial charge in [-0.3, -0.25) is 10.1 Å². The van der Waals surface area contributed by atoms with Gasteiger partial charge in [0.25, 0.3) is 5.69 Å². The molecule has 1 aliphatic rings. The maximum Gasteiger partial charge on any atom is 0.319 e. The molecule has 1 aromatic carbocycles. The molecule has 7 nitrogen and oxygen atoms in total. The van der Waals surface area contributed by atoms with Crippen LogP contribution in [0.4, 0.5) is 16.2 Å². The van der Waals surface area contributed by atoms with E-state index in [-0.39, 0.29) is 17.6 Å². The van der Waals surface area contributed by atoms with Crippen LogP contribution in [0, 0.1) is 27.4 Å². The van der Waals surface area contributed by atoms with Crippen LogP contribution in [0.15, 0.2) is 24.3 Å². The van der Waals surface area contributed by atoms with Crippen LogP contribution in [0.25, 0.3) is 0 Å². The van der Waals surface area contributed by atoms with Crippen molar-refractivity contribution < 1.29 is 9.72 Å². The Morgan fingerprint density at radius 1 is 1.45 bits per heavy atom. The monoisotopic (exact) mass is 274 g/mol. The predicted octanol–water partition coefficient (Wildman–Crippen LogP) is 2.41. The summed E-state index contributed by atoms with van der Waals surface area (Å²) in [6, 6.07) is 7.29. The topological polar surface area (TPSA) is 108 Å². The molecule has 1 aromatic rings. The summed E-state index contributed by atoms with van der Waals surface area (Å²) >= 11 is 0. The Hall–Kier alpha value is -2.62. The minimum atomic E-state index is -0.522. The number of nitro benzene ring substituents is 1. The fraction of sp³-hybridized carbons (Fsp3) is 0.385. The molecule has 104 valence electrons. The van der Waals surface area contributed by atoms with Gasteiger partial charge in [-0.2, -0.15) is 5.26 Å². The molecule has 0 saturated heterocycles. The molecule has 2 atom stereocenters. The quantitative estimate of drug-likeness (QED) is 0.651. The Kier molecular flexibility index (Phi) is 4.15. The van der Waals surface area contributed by atoms with E-state index < -0.39 is 11.0 Å². The Bertz CT molecular complexity index is 567. The first-order chi connectivity index (χ1) is 9.60. The van der Waals surface area contributed by atoms with Gasteiger partial charge >= 0.3 is 6.03 Å². The Labute approximate surface area is 115 Å². The van der Waals surface area contributed by atoms with Crippen molar-refractivity contribution in [2.75, 3.05) is 5.32 Å². The van der Waals surface area contributed by atoms with Crippen LogP contribution in [0.1, 0.15) is 19.3 Å². The van der Waals surface area contributed by atoms with Gasteiger partial charge in [0.2, 0.25) is 0 Å². The van der Waals surface area contributed by atoms with Gasteiger partial charge in [0.05, 0.1) is 16.9 Å². The van der Waals surface area contributed by atoms with Gasteiger partial charge in [-0.15, -0.1) is 0 Å². The Morgan fingerprint density at radius 2 is 2.25 bits per heavy atom. The molecule has 1 saturated carbocycles. The summed E-state index contributed by atoms with van der Waals surface area (Å²) in [6.45, 7) is 0. The Balaban J connectivity index is 1.96. The van der Waals surface area contributed by atoms with Crippen LogP contribution >= 0.6 is 0 Å². The third-order valence-corrected chi connectivity index (χ3v) is 3.31.